The Morgan fingerprint density at radius 2 is 2.29 bits per heavy atom. The molecule has 1 fully saturated rings. The molecular formula is C10H19NO2S. The monoisotopic (exact) mass is 217 g/mol. The number of thioether (sulfide) groups is 1. The molecular weight excluding hydrogens is 198 g/mol. The van der Waals surface area contributed by atoms with Crippen molar-refractivity contribution >= 4 is 17.7 Å². The van der Waals surface area contributed by atoms with Crippen molar-refractivity contribution in [3.63, 3.8) is 0 Å². The minimum absolute atomic E-state index is 0.302. The second-order valence-corrected chi connectivity index (χ2v) is 5.22. The number of aliphatic carboxylic acids is 1. The molecule has 0 saturated heterocycles. The van der Waals surface area contributed by atoms with Crippen LogP contribution in [0.1, 0.15) is 26.2 Å². The van der Waals surface area contributed by atoms with Crippen molar-refractivity contribution < 1.29 is 9.90 Å². The fourth-order valence-electron chi connectivity index (χ4n) is 1.45. The van der Waals surface area contributed by atoms with Crippen molar-refractivity contribution in [2.45, 2.75) is 37.5 Å². The van der Waals surface area contributed by atoms with E-state index in [0.29, 0.717) is 11.2 Å². The Kier molecular flexibility index (Phi) is 4.75. The van der Waals surface area contributed by atoms with E-state index in [4.69, 9.17) is 5.11 Å². The smallest absolute Gasteiger partial charge is 0.320 e. The van der Waals surface area contributed by atoms with Gasteiger partial charge in [0.2, 0.25) is 0 Å². The highest BCUT2D eigenvalue weighted by atomic mass is 32.2. The van der Waals surface area contributed by atoms with Gasteiger partial charge in [0.1, 0.15) is 6.04 Å². The molecule has 0 aromatic rings. The summed E-state index contributed by atoms with van der Waals surface area (Å²) < 4.78 is 0. The van der Waals surface area contributed by atoms with Gasteiger partial charge in [-0.25, -0.2) is 0 Å². The number of hydrogen-bond donors (Lipinski definition) is 2. The Morgan fingerprint density at radius 3 is 2.71 bits per heavy atom. The summed E-state index contributed by atoms with van der Waals surface area (Å²) in [5.41, 5.74) is 0. The van der Waals surface area contributed by atoms with Crippen LogP contribution in [0, 0.1) is 5.92 Å². The number of carboxylic acids is 1. The number of carboxylic acid groups (broad SMARTS) is 1. The molecule has 0 radical (unpaired) electrons. The minimum Gasteiger partial charge on any atom is -0.480 e. The third-order valence-electron chi connectivity index (χ3n) is 2.68. The first-order valence-electron chi connectivity index (χ1n) is 5.14. The SMILES string of the molecule is CSC(C)CCNC(C(=O)O)C1CC1. The standard InChI is InChI=1S/C10H19NO2S/c1-7(14-2)5-6-11-9(10(12)13)8-3-4-8/h7-9,11H,3-6H2,1-2H3,(H,12,13). The Morgan fingerprint density at radius 1 is 1.64 bits per heavy atom. The topological polar surface area (TPSA) is 49.3 Å². The maximum absolute atomic E-state index is 10.9. The largest absolute Gasteiger partial charge is 0.480 e. The highest BCUT2D eigenvalue weighted by Gasteiger charge is 2.35. The molecule has 0 amide bonds. The Labute approximate surface area is 89.6 Å². The molecule has 0 spiro atoms. The summed E-state index contributed by atoms with van der Waals surface area (Å²) in [5.74, 6) is -0.304. The predicted octanol–water partition coefficient (Wildman–Crippen LogP) is 1.58. The summed E-state index contributed by atoms with van der Waals surface area (Å²) in [6.07, 6.45) is 5.27. The van der Waals surface area contributed by atoms with Gasteiger partial charge in [-0.1, -0.05) is 6.92 Å². The van der Waals surface area contributed by atoms with Gasteiger partial charge in [0.15, 0.2) is 0 Å². The van der Waals surface area contributed by atoms with E-state index in [1.807, 2.05) is 11.8 Å². The lowest BCUT2D eigenvalue weighted by Gasteiger charge is -2.14. The van der Waals surface area contributed by atoms with Crippen LogP contribution in [-0.4, -0.2) is 35.2 Å². The van der Waals surface area contributed by atoms with Gasteiger partial charge in [-0.15, -0.1) is 0 Å². The molecule has 82 valence electrons. The summed E-state index contributed by atoms with van der Waals surface area (Å²) >= 11 is 1.82. The van der Waals surface area contributed by atoms with E-state index >= 15 is 0 Å². The molecule has 0 bridgehead atoms. The first kappa shape index (κ1) is 11.9. The van der Waals surface area contributed by atoms with Gasteiger partial charge in [0.25, 0.3) is 0 Å². The molecule has 3 nitrogen and oxygen atoms in total. The third kappa shape index (κ3) is 3.88. The highest BCUT2D eigenvalue weighted by molar-refractivity contribution is 7.99. The van der Waals surface area contributed by atoms with Gasteiger partial charge < -0.3 is 10.4 Å². The van der Waals surface area contributed by atoms with E-state index in [2.05, 4.69) is 18.5 Å². The molecule has 1 saturated carbocycles. The fraction of sp³-hybridized carbons (Fsp3) is 0.900. The molecule has 1 aliphatic rings. The van der Waals surface area contributed by atoms with E-state index in [-0.39, 0.29) is 6.04 Å². The number of hydrogen-bond acceptors (Lipinski definition) is 3. The van der Waals surface area contributed by atoms with Gasteiger partial charge in [0, 0.05) is 5.25 Å². The van der Waals surface area contributed by atoms with Gasteiger partial charge in [-0.3, -0.25) is 4.79 Å². The molecule has 2 atom stereocenters. The molecule has 0 aliphatic heterocycles. The van der Waals surface area contributed by atoms with Crippen LogP contribution in [0.3, 0.4) is 0 Å². The minimum atomic E-state index is -0.690. The zero-order chi connectivity index (χ0) is 10.6. The summed E-state index contributed by atoms with van der Waals surface area (Å²) in [6, 6.07) is -0.302. The van der Waals surface area contributed by atoms with Crippen LogP contribution in [0.4, 0.5) is 0 Å². The lowest BCUT2D eigenvalue weighted by atomic mass is 10.2. The maximum Gasteiger partial charge on any atom is 0.320 e. The van der Waals surface area contributed by atoms with Crippen molar-refractivity contribution in [3.05, 3.63) is 0 Å². The van der Waals surface area contributed by atoms with Crippen LogP contribution in [0.5, 0.6) is 0 Å². The summed E-state index contributed by atoms with van der Waals surface area (Å²) in [7, 11) is 0. The van der Waals surface area contributed by atoms with Crippen molar-refractivity contribution in [2.75, 3.05) is 12.8 Å². The van der Waals surface area contributed by atoms with Crippen LogP contribution >= 0.6 is 11.8 Å². The summed E-state index contributed by atoms with van der Waals surface area (Å²) in [5, 5.41) is 12.7. The van der Waals surface area contributed by atoms with E-state index in [9.17, 15) is 4.79 Å². The third-order valence-corrected chi connectivity index (χ3v) is 3.72. The van der Waals surface area contributed by atoms with Crippen LogP contribution < -0.4 is 5.32 Å². The van der Waals surface area contributed by atoms with E-state index < -0.39 is 5.97 Å². The van der Waals surface area contributed by atoms with Gasteiger partial charge in [-0.2, -0.15) is 11.8 Å². The van der Waals surface area contributed by atoms with E-state index in [0.717, 1.165) is 25.8 Å². The maximum atomic E-state index is 10.9. The molecule has 4 heteroatoms. The van der Waals surface area contributed by atoms with Crippen molar-refractivity contribution in [3.8, 4) is 0 Å². The number of carbonyl (C=O) groups is 1. The van der Waals surface area contributed by atoms with Crippen LogP contribution in [0.15, 0.2) is 0 Å². The average molecular weight is 217 g/mol. The zero-order valence-electron chi connectivity index (χ0n) is 8.82. The first-order valence-corrected chi connectivity index (χ1v) is 6.43. The number of nitrogens with one attached hydrogen (secondary N) is 1. The van der Waals surface area contributed by atoms with Crippen LogP contribution in [0.2, 0.25) is 0 Å². The summed E-state index contributed by atoms with van der Waals surface area (Å²) in [6.45, 7) is 2.98. The average Bonchev–Trinajstić information content (AvgIpc) is 2.94. The highest BCUT2D eigenvalue weighted by Crippen LogP contribution is 2.32. The molecule has 2 N–H and O–H groups in total. The second-order valence-electron chi connectivity index (χ2n) is 3.94. The molecule has 1 aliphatic carbocycles. The lowest BCUT2D eigenvalue weighted by molar-refractivity contribution is -0.140. The van der Waals surface area contributed by atoms with Gasteiger partial charge in [-0.05, 0) is 38.0 Å². The first-order chi connectivity index (χ1) is 6.65. The Bertz CT molecular complexity index is 195. The zero-order valence-corrected chi connectivity index (χ0v) is 9.64. The van der Waals surface area contributed by atoms with Crippen LogP contribution in [0.25, 0.3) is 0 Å². The Hall–Kier alpha value is -0.220. The predicted molar refractivity (Wildman–Crippen MR) is 59.7 cm³/mol. The van der Waals surface area contributed by atoms with Crippen molar-refractivity contribution in [1.82, 2.24) is 5.32 Å². The van der Waals surface area contributed by atoms with Gasteiger partial charge >= 0.3 is 5.97 Å². The normalized spacial score (nSPS) is 20.4. The molecule has 0 aromatic heterocycles. The quantitative estimate of drug-likeness (QED) is 0.680. The van der Waals surface area contributed by atoms with Crippen LogP contribution in [-0.2, 0) is 4.79 Å². The van der Waals surface area contributed by atoms with Gasteiger partial charge in [0.05, 0.1) is 0 Å². The molecule has 1 rings (SSSR count). The van der Waals surface area contributed by atoms with Crippen molar-refractivity contribution in [1.29, 1.82) is 0 Å². The second kappa shape index (κ2) is 5.61. The number of rotatable bonds is 7. The fourth-order valence-corrected chi connectivity index (χ4v) is 1.80. The Balaban J connectivity index is 2.17. The van der Waals surface area contributed by atoms with Crippen molar-refractivity contribution in [2.24, 2.45) is 5.92 Å². The molecule has 0 aromatic carbocycles. The lowest BCUT2D eigenvalue weighted by Crippen LogP contribution is -2.39. The van der Waals surface area contributed by atoms with E-state index in [1.165, 1.54) is 0 Å². The molecule has 0 heterocycles. The summed E-state index contributed by atoms with van der Waals surface area (Å²) in [4.78, 5) is 10.9. The van der Waals surface area contributed by atoms with E-state index in [1.54, 1.807) is 0 Å². The molecule has 2 unspecified atom stereocenters. The molecule has 14 heavy (non-hydrogen) atoms.